The fraction of sp³-hybridized carbons (Fsp3) is 0.211. The first-order chi connectivity index (χ1) is 11.2. The Morgan fingerprint density at radius 2 is 1.57 bits per heavy atom. The molecule has 0 saturated heterocycles. The van der Waals surface area contributed by atoms with Crippen molar-refractivity contribution in [2.75, 3.05) is 6.54 Å². The molecule has 4 nitrogen and oxygen atoms in total. The Morgan fingerprint density at radius 3 is 2.00 bits per heavy atom. The van der Waals surface area contributed by atoms with Gasteiger partial charge in [0.1, 0.15) is 5.66 Å². The summed E-state index contributed by atoms with van der Waals surface area (Å²) in [5.41, 5.74) is 7.26. The summed E-state index contributed by atoms with van der Waals surface area (Å²) in [5.74, 6) is -0.0679. The van der Waals surface area contributed by atoms with Crippen molar-refractivity contribution < 1.29 is 4.79 Å². The van der Waals surface area contributed by atoms with Gasteiger partial charge in [-0.15, -0.1) is 6.58 Å². The van der Waals surface area contributed by atoms with Gasteiger partial charge in [-0.25, -0.2) is 5.43 Å². The van der Waals surface area contributed by atoms with Gasteiger partial charge in [0.2, 0.25) is 5.91 Å². The minimum Gasteiger partial charge on any atom is -0.289 e. The molecule has 2 aromatic rings. The van der Waals surface area contributed by atoms with Crippen LogP contribution in [-0.2, 0) is 10.5 Å². The molecular weight excluding hydrogens is 286 g/mol. The van der Waals surface area contributed by atoms with Gasteiger partial charge in [-0.3, -0.25) is 15.5 Å². The number of benzene rings is 2. The van der Waals surface area contributed by atoms with Crippen molar-refractivity contribution in [2.45, 2.75) is 19.0 Å². The van der Waals surface area contributed by atoms with E-state index in [1.54, 1.807) is 6.08 Å². The molecule has 0 saturated carbocycles. The zero-order valence-corrected chi connectivity index (χ0v) is 13.4. The minimum atomic E-state index is -0.735. The van der Waals surface area contributed by atoms with Crippen molar-refractivity contribution in [2.24, 2.45) is 0 Å². The highest BCUT2D eigenvalue weighted by Gasteiger charge is 2.33. The van der Waals surface area contributed by atoms with Gasteiger partial charge in [0, 0.05) is 13.0 Å². The van der Waals surface area contributed by atoms with E-state index >= 15 is 0 Å². The van der Waals surface area contributed by atoms with Crippen LogP contribution in [0.3, 0.4) is 0 Å². The van der Waals surface area contributed by atoms with Crippen molar-refractivity contribution in [3.63, 3.8) is 0 Å². The lowest BCUT2D eigenvalue weighted by Crippen LogP contribution is -2.60. The molecule has 0 bridgehead atoms. The van der Waals surface area contributed by atoms with Crippen molar-refractivity contribution >= 4 is 5.91 Å². The average molecular weight is 309 g/mol. The van der Waals surface area contributed by atoms with E-state index in [4.69, 9.17) is 0 Å². The predicted octanol–water partition coefficient (Wildman–Crippen LogP) is 2.69. The molecule has 0 fully saturated rings. The van der Waals surface area contributed by atoms with Crippen molar-refractivity contribution in [3.8, 4) is 0 Å². The van der Waals surface area contributed by atoms with Crippen LogP contribution in [0.4, 0.5) is 0 Å². The molecule has 0 atom stereocenters. The Morgan fingerprint density at radius 1 is 1.04 bits per heavy atom. The first-order valence-electron chi connectivity index (χ1n) is 7.76. The lowest BCUT2D eigenvalue weighted by Gasteiger charge is -2.37. The molecular formula is C19H23N3O. The Bertz CT molecular complexity index is 586. The predicted molar refractivity (Wildman–Crippen MR) is 93.4 cm³/mol. The van der Waals surface area contributed by atoms with Crippen LogP contribution in [0.5, 0.6) is 0 Å². The molecule has 3 N–H and O–H groups in total. The Balaban J connectivity index is 2.48. The van der Waals surface area contributed by atoms with Crippen molar-refractivity contribution in [1.82, 2.24) is 16.2 Å². The second kappa shape index (κ2) is 8.27. The summed E-state index contributed by atoms with van der Waals surface area (Å²) in [6.45, 7) is 6.19. The number of hydrogen-bond acceptors (Lipinski definition) is 3. The van der Waals surface area contributed by atoms with E-state index in [9.17, 15) is 4.79 Å². The summed E-state index contributed by atoms with van der Waals surface area (Å²) in [6, 6.07) is 19.9. The Hall–Kier alpha value is -2.43. The summed E-state index contributed by atoms with van der Waals surface area (Å²) in [7, 11) is 0. The second-order valence-electron chi connectivity index (χ2n) is 5.18. The van der Waals surface area contributed by atoms with Crippen LogP contribution < -0.4 is 16.2 Å². The minimum absolute atomic E-state index is 0.0679. The van der Waals surface area contributed by atoms with Crippen LogP contribution >= 0.6 is 0 Å². The normalized spacial score (nSPS) is 11.0. The zero-order chi connectivity index (χ0) is 16.5. The zero-order valence-electron chi connectivity index (χ0n) is 13.4. The van der Waals surface area contributed by atoms with Gasteiger partial charge >= 0.3 is 0 Å². The monoisotopic (exact) mass is 309 g/mol. The number of hydrazine groups is 1. The molecule has 0 unspecified atom stereocenters. The molecule has 4 heteroatoms. The summed E-state index contributed by atoms with van der Waals surface area (Å²) < 4.78 is 0. The highest BCUT2D eigenvalue weighted by molar-refractivity contribution is 5.75. The molecule has 2 aromatic carbocycles. The van der Waals surface area contributed by atoms with Crippen LogP contribution in [0.25, 0.3) is 0 Å². The number of amides is 1. The van der Waals surface area contributed by atoms with E-state index in [1.807, 2.05) is 67.6 Å². The van der Waals surface area contributed by atoms with Crippen molar-refractivity contribution in [1.29, 1.82) is 0 Å². The second-order valence-corrected chi connectivity index (χ2v) is 5.18. The third kappa shape index (κ3) is 4.06. The standard InChI is InChI=1S/C19H23N3O/c1-3-15-20-19(22-21-18(23)4-2,16-11-7-5-8-12-16)17-13-9-6-10-14-17/h3,5-14,20,22H,1,4,15H2,2H3,(H,21,23). The van der Waals surface area contributed by atoms with Crippen LogP contribution in [0, 0.1) is 0 Å². The Kier molecular flexibility index (Phi) is 6.09. The van der Waals surface area contributed by atoms with Gasteiger partial charge < -0.3 is 0 Å². The van der Waals surface area contributed by atoms with Gasteiger partial charge in [0.25, 0.3) is 0 Å². The van der Waals surface area contributed by atoms with E-state index < -0.39 is 5.66 Å². The number of hydrogen-bond donors (Lipinski definition) is 3. The maximum absolute atomic E-state index is 11.8. The highest BCUT2D eigenvalue weighted by atomic mass is 16.2. The smallest absolute Gasteiger partial charge is 0.233 e. The van der Waals surface area contributed by atoms with Crippen LogP contribution in [0.15, 0.2) is 73.3 Å². The van der Waals surface area contributed by atoms with E-state index in [0.29, 0.717) is 13.0 Å². The van der Waals surface area contributed by atoms with Crippen molar-refractivity contribution in [3.05, 3.63) is 84.4 Å². The maximum Gasteiger partial charge on any atom is 0.233 e. The molecule has 0 radical (unpaired) electrons. The quantitative estimate of drug-likeness (QED) is 0.399. The van der Waals surface area contributed by atoms with Crippen LogP contribution in [0.1, 0.15) is 24.5 Å². The molecule has 0 spiro atoms. The fourth-order valence-corrected chi connectivity index (χ4v) is 2.41. The highest BCUT2D eigenvalue weighted by Crippen LogP contribution is 2.26. The summed E-state index contributed by atoms with van der Waals surface area (Å²) in [5, 5.41) is 3.45. The van der Waals surface area contributed by atoms with Gasteiger partial charge in [-0.2, -0.15) is 0 Å². The van der Waals surface area contributed by atoms with Gasteiger partial charge in [-0.05, 0) is 11.1 Å². The molecule has 120 valence electrons. The van der Waals surface area contributed by atoms with E-state index in [-0.39, 0.29) is 5.91 Å². The topological polar surface area (TPSA) is 53.2 Å². The summed E-state index contributed by atoms with van der Waals surface area (Å²) in [4.78, 5) is 11.8. The summed E-state index contributed by atoms with van der Waals surface area (Å²) >= 11 is 0. The average Bonchev–Trinajstić information content (AvgIpc) is 2.63. The van der Waals surface area contributed by atoms with E-state index in [2.05, 4.69) is 22.7 Å². The van der Waals surface area contributed by atoms with Gasteiger partial charge in [0.15, 0.2) is 0 Å². The molecule has 0 aliphatic carbocycles. The first-order valence-corrected chi connectivity index (χ1v) is 7.76. The molecule has 0 aliphatic rings. The fourth-order valence-electron chi connectivity index (χ4n) is 2.41. The molecule has 0 heterocycles. The number of carbonyl (C=O) groups excluding carboxylic acids is 1. The van der Waals surface area contributed by atoms with E-state index in [0.717, 1.165) is 11.1 Å². The van der Waals surface area contributed by atoms with Gasteiger partial charge in [0.05, 0.1) is 0 Å². The lowest BCUT2D eigenvalue weighted by molar-refractivity contribution is -0.122. The van der Waals surface area contributed by atoms with Crippen LogP contribution in [0.2, 0.25) is 0 Å². The van der Waals surface area contributed by atoms with Gasteiger partial charge in [-0.1, -0.05) is 73.7 Å². The Labute approximate surface area is 137 Å². The molecule has 23 heavy (non-hydrogen) atoms. The number of carbonyl (C=O) groups is 1. The lowest BCUT2D eigenvalue weighted by atomic mass is 9.91. The molecule has 0 aromatic heterocycles. The SMILES string of the molecule is C=CCNC(NNC(=O)CC)(c1ccccc1)c1ccccc1. The maximum atomic E-state index is 11.8. The third-order valence-electron chi connectivity index (χ3n) is 3.64. The van der Waals surface area contributed by atoms with E-state index in [1.165, 1.54) is 0 Å². The number of nitrogens with one attached hydrogen (secondary N) is 3. The van der Waals surface area contributed by atoms with Crippen LogP contribution in [-0.4, -0.2) is 12.5 Å². The molecule has 0 aliphatic heterocycles. The first kappa shape index (κ1) is 16.9. The third-order valence-corrected chi connectivity index (χ3v) is 3.64. The largest absolute Gasteiger partial charge is 0.289 e. The summed E-state index contributed by atoms with van der Waals surface area (Å²) in [6.07, 6.45) is 2.21. The molecule has 1 amide bonds. The molecule has 2 rings (SSSR count). The number of rotatable bonds is 8.